The number of quaternary nitrogens is 2. The van der Waals surface area contributed by atoms with Crippen molar-refractivity contribution in [1.82, 2.24) is 9.80 Å². The van der Waals surface area contributed by atoms with E-state index in [1.165, 1.54) is 53.1 Å². The average Bonchev–Trinajstić information content (AvgIpc) is 3.76. The van der Waals surface area contributed by atoms with Crippen LogP contribution in [0.1, 0.15) is 57.8 Å². The third-order valence-electron chi connectivity index (χ3n) is 12.3. The number of nitrogens with zero attached hydrogens (tertiary/aromatic N) is 4. The van der Waals surface area contributed by atoms with E-state index >= 15 is 30.8 Å². The van der Waals surface area contributed by atoms with E-state index < -0.39 is 114 Å². The first-order valence-corrected chi connectivity index (χ1v) is 27.6. The molecule has 5 aromatic rings. The van der Waals surface area contributed by atoms with Gasteiger partial charge >= 0.3 is 32.1 Å². The number of halogens is 1. The van der Waals surface area contributed by atoms with Gasteiger partial charge in [-0.1, -0.05) is 72.8 Å². The van der Waals surface area contributed by atoms with Crippen LogP contribution in [-0.4, -0.2) is 107 Å². The van der Waals surface area contributed by atoms with E-state index in [0.717, 1.165) is 24.6 Å². The molecule has 65 heavy (non-hydrogen) atoms. The SMILES string of the molecule is CCS(=O)(=O)[N+]1([N+]2(S(=O)(=O)c3ccccc3F)CC(c3cccc(-c4cccc(S(C)(=O)=O)c4)c3)N(C(C)C)C2=O)CC(c2cccc(-c3cccc(S(C)(=O)=O)c3)c2)N(C(C)C)C1=O. The molecule has 0 saturated carbocycles. The van der Waals surface area contributed by atoms with E-state index in [4.69, 9.17) is 0 Å². The van der Waals surface area contributed by atoms with Crippen LogP contribution in [-0.2, 0) is 39.7 Å². The van der Waals surface area contributed by atoms with Crippen molar-refractivity contribution in [2.75, 3.05) is 31.4 Å². The molecular weight excluding hydrogens is 916 g/mol. The first kappa shape index (κ1) is 47.6. The van der Waals surface area contributed by atoms with E-state index in [1.807, 2.05) is 0 Å². The summed E-state index contributed by atoms with van der Waals surface area (Å²) in [5.74, 6) is -2.06. The molecule has 4 unspecified atom stereocenters. The van der Waals surface area contributed by atoms with E-state index in [1.54, 1.807) is 100 Å². The summed E-state index contributed by atoms with van der Waals surface area (Å²) in [4.78, 5) is 33.3. The lowest BCUT2D eigenvalue weighted by atomic mass is 9.98. The topological polar surface area (TPSA) is 177 Å². The van der Waals surface area contributed by atoms with Gasteiger partial charge in [0.15, 0.2) is 37.7 Å². The van der Waals surface area contributed by atoms with Crippen LogP contribution in [0.3, 0.4) is 0 Å². The van der Waals surface area contributed by atoms with Gasteiger partial charge in [-0.05, 0) is 117 Å². The Labute approximate surface area is 380 Å². The molecule has 5 aromatic carbocycles. The molecule has 0 bridgehead atoms. The highest BCUT2D eigenvalue weighted by molar-refractivity contribution is 7.91. The number of carbonyl (C=O) groups excluding carboxylic acids is 2. The van der Waals surface area contributed by atoms with E-state index in [0.29, 0.717) is 33.4 Å². The lowest BCUT2D eigenvalue weighted by molar-refractivity contribution is -1.30. The van der Waals surface area contributed by atoms with Crippen LogP contribution in [0, 0.1) is 5.82 Å². The summed E-state index contributed by atoms with van der Waals surface area (Å²) in [6.07, 6.45) is 2.15. The van der Waals surface area contributed by atoms with Crippen LogP contribution in [0.2, 0.25) is 0 Å². The van der Waals surface area contributed by atoms with Gasteiger partial charge in [0.2, 0.25) is 0 Å². The number of rotatable bonds is 13. The van der Waals surface area contributed by atoms with Gasteiger partial charge in [0.1, 0.15) is 23.7 Å². The van der Waals surface area contributed by atoms with Gasteiger partial charge in [-0.3, -0.25) is 9.80 Å². The molecule has 0 spiro atoms. The molecule has 4 amide bonds. The number of sulfonamides is 2. The minimum atomic E-state index is -5.57. The van der Waals surface area contributed by atoms with Gasteiger partial charge in [0.05, 0.1) is 9.79 Å². The number of hydrogen-bond donors (Lipinski definition) is 0. The van der Waals surface area contributed by atoms with Crippen molar-refractivity contribution in [2.24, 2.45) is 0 Å². The summed E-state index contributed by atoms with van der Waals surface area (Å²) in [5.41, 5.74) is 2.72. The van der Waals surface area contributed by atoms with Gasteiger partial charge in [-0.2, -0.15) is 26.4 Å². The molecule has 0 N–H and O–H groups in total. The largest absolute Gasteiger partial charge is 0.485 e. The molecule has 2 aliphatic heterocycles. The van der Waals surface area contributed by atoms with Gasteiger partial charge in [-0.25, -0.2) is 21.2 Å². The predicted octanol–water partition coefficient (Wildman–Crippen LogP) is 7.72. The Morgan fingerprint density at radius 3 is 1.34 bits per heavy atom. The number of amides is 4. The molecule has 2 heterocycles. The van der Waals surface area contributed by atoms with Crippen LogP contribution in [0.4, 0.5) is 14.0 Å². The predicted molar refractivity (Wildman–Crippen MR) is 244 cm³/mol. The summed E-state index contributed by atoms with van der Waals surface area (Å²) >= 11 is 0. The Morgan fingerprint density at radius 1 is 0.554 bits per heavy atom. The van der Waals surface area contributed by atoms with Gasteiger partial charge in [0.25, 0.3) is 0 Å². The lowest BCUT2D eigenvalue weighted by Gasteiger charge is -2.40. The van der Waals surface area contributed by atoms with Crippen molar-refractivity contribution in [1.29, 1.82) is 0 Å². The summed E-state index contributed by atoms with van der Waals surface area (Å²) in [6.45, 7) is 6.12. The molecule has 344 valence electrons. The minimum Gasteiger partial charge on any atom is -0.272 e. The quantitative estimate of drug-likeness (QED) is 0.106. The minimum absolute atomic E-state index is 0.0490. The maximum atomic E-state index is 16.2. The summed E-state index contributed by atoms with van der Waals surface area (Å²) < 4.78 is 125. The van der Waals surface area contributed by atoms with Crippen molar-refractivity contribution in [3.05, 3.63) is 138 Å². The van der Waals surface area contributed by atoms with Crippen LogP contribution in [0.25, 0.3) is 22.3 Å². The normalized spacial score (nSPS) is 22.1. The van der Waals surface area contributed by atoms with Gasteiger partial charge < -0.3 is 0 Å². The van der Waals surface area contributed by atoms with Crippen LogP contribution in [0.5, 0.6) is 0 Å². The van der Waals surface area contributed by atoms with E-state index in [9.17, 15) is 16.8 Å². The van der Waals surface area contributed by atoms with Crippen molar-refractivity contribution in [3.63, 3.8) is 0 Å². The molecule has 0 aliphatic carbocycles. The monoisotopic (exact) mass is 966 g/mol. The number of urea groups is 2. The second-order valence-corrected chi connectivity index (χ2v) is 25.4. The van der Waals surface area contributed by atoms with Gasteiger partial charge in [0, 0.05) is 32.6 Å². The summed E-state index contributed by atoms with van der Waals surface area (Å²) in [7, 11) is -17.9. The molecule has 0 radical (unpaired) electrons. The third-order valence-corrected chi connectivity index (χ3v) is 19.1. The van der Waals surface area contributed by atoms with Gasteiger partial charge in [-0.15, -0.1) is 0 Å². The van der Waals surface area contributed by atoms with Crippen LogP contribution in [0.15, 0.2) is 136 Å². The zero-order chi connectivity index (χ0) is 47.7. The average molecular weight is 967 g/mol. The molecular formula is C46H51FN4O10S4+2. The van der Waals surface area contributed by atoms with Crippen molar-refractivity contribution in [3.8, 4) is 22.3 Å². The van der Waals surface area contributed by atoms with Crippen molar-refractivity contribution in [2.45, 2.75) is 73.5 Å². The number of benzene rings is 5. The zero-order valence-electron chi connectivity index (χ0n) is 36.9. The van der Waals surface area contributed by atoms with Crippen LogP contribution >= 0.6 is 0 Å². The van der Waals surface area contributed by atoms with E-state index in [2.05, 4.69) is 0 Å². The number of hydrogen-bond acceptors (Lipinski definition) is 10. The highest BCUT2D eigenvalue weighted by Crippen LogP contribution is 2.53. The standard InChI is InChI=1S/C46H51FN4O10S4/c1-8-64(58,59)50(29-42(48(31(2)3)45(50)52)37-19-11-15-33(25-37)35-17-13-21-39(27-35)62(6,54)55)51(65(60,61)44-24-10-9-23-41(44)47)30-43(49(32(4)5)46(51)53)38-20-12-16-34(26-38)36-18-14-22-40(28-36)63(7,56)57/h9-28,31-32,42-43H,8,29-30H2,1-7H3/q+2. The Morgan fingerprint density at radius 2 is 0.938 bits per heavy atom. The Kier molecular flexibility index (Phi) is 12.3. The maximum Gasteiger partial charge on any atom is 0.485 e. The zero-order valence-corrected chi connectivity index (χ0v) is 40.1. The first-order valence-electron chi connectivity index (χ1n) is 20.8. The second-order valence-electron chi connectivity index (χ2n) is 17.0. The fourth-order valence-corrected chi connectivity index (χ4v) is 14.7. The lowest BCUT2D eigenvalue weighted by Crippen LogP contribution is -2.79. The maximum absolute atomic E-state index is 16.2. The first-order chi connectivity index (χ1) is 30.3. The number of carbonyl (C=O) groups is 2. The smallest absolute Gasteiger partial charge is 0.272 e. The highest BCUT2D eigenvalue weighted by atomic mass is 32.2. The molecule has 0 aromatic heterocycles. The molecule has 2 fully saturated rings. The molecule has 14 nitrogen and oxygen atoms in total. The Bertz CT molecular complexity index is 3200. The Balaban J connectivity index is 1.51. The molecule has 7 rings (SSSR count). The molecule has 19 heteroatoms. The highest BCUT2D eigenvalue weighted by Gasteiger charge is 2.84. The molecule has 2 aliphatic rings. The summed E-state index contributed by atoms with van der Waals surface area (Å²) in [5, 5.41) is 0. The fourth-order valence-electron chi connectivity index (χ4n) is 9.16. The van der Waals surface area contributed by atoms with Crippen LogP contribution < -0.4 is 0 Å². The fraction of sp³-hybridized carbons (Fsp3) is 0.304. The third kappa shape index (κ3) is 7.78. The van der Waals surface area contributed by atoms with E-state index in [-0.39, 0.29) is 9.79 Å². The molecule has 4 atom stereocenters. The summed E-state index contributed by atoms with van der Waals surface area (Å²) in [6, 6.07) is 23.6. The van der Waals surface area contributed by atoms with Crippen molar-refractivity contribution >= 4 is 51.8 Å². The van der Waals surface area contributed by atoms with Crippen molar-refractivity contribution < 1.29 is 55.6 Å². The molecule has 2 saturated heterocycles. The Hall–Kier alpha value is -5.31. The number of sulfone groups is 2. The second kappa shape index (κ2) is 16.8.